The van der Waals surface area contributed by atoms with Crippen molar-refractivity contribution in [2.24, 2.45) is 5.10 Å². The maximum absolute atomic E-state index is 8.80. The lowest BCUT2D eigenvalue weighted by Gasteiger charge is -2.01. The van der Waals surface area contributed by atoms with Gasteiger partial charge >= 0.3 is 0 Å². The second-order valence-electron chi connectivity index (χ2n) is 4.08. The smallest absolute Gasteiger partial charge is 0.251 e. The Hall–Kier alpha value is -3.13. The fourth-order valence-corrected chi connectivity index (χ4v) is 1.93. The molecular weight excluding hydrogens is 252 g/mol. The van der Waals surface area contributed by atoms with Gasteiger partial charge in [-0.3, -0.25) is 0 Å². The van der Waals surface area contributed by atoms with Crippen molar-refractivity contribution in [3.05, 3.63) is 60.1 Å². The van der Waals surface area contributed by atoms with Crippen molar-refractivity contribution in [3.63, 3.8) is 0 Å². The predicted molar refractivity (Wildman–Crippen MR) is 76.4 cm³/mol. The molecule has 0 saturated heterocycles. The number of hydrogen-bond donors (Lipinski definition) is 1. The van der Waals surface area contributed by atoms with Gasteiger partial charge in [-0.15, -0.1) is 0 Å². The summed E-state index contributed by atoms with van der Waals surface area (Å²) in [6.45, 7) is 0. The molecular formula is C15H10N4O. The van der Waals surface area contributed by atoms with Crippen LogP contribution in [-0.4, -0.2) is 11.2 Å². The van der Waals surface area contributed by atoms with Crippen LogP contribution >= 0.6 is 0 Å². The van der Waals surface area contributed by atoms with Gasteiger partial charge < -0.3 is 4.42 Å². The Balaban J connectivity index is 1.87. The highest BCUT2D eigenvalue weighted by molar-refractivity contribution is 5.99. The number of hydrazone groups is 1. The quantitative estimate of drug-likeness (QED) is 0.581. The van der Waals surface area contributed by atoms with Crippen LogP contribution in [0.15, 0.2) is 58.4 Å². The van der Waals surface area contributed by atoms with Gasteiger partial charge in [-0.1, -0.05) is 42.5 Å². The Morgan fingerprint density at radius 2 is 2.05 bits per heavy atom. The lowest BCUT2D eigenvalue weighted by Crippen LogP contribution is -1.92. The van der Waals surface area contributed by atoms with Crippen molar-refractivity contribution >= 4 is 22.9 Å². The molecule has 0 amide bonds. The first kappa shape index (κ1) is 11.9. The Bertz CT molecular complexity index is 809. The fourth-order valence-electron chi connectivity index (χ4n) is 1.93. The summed E-state index contributed by atoms with van der Waals surface area (Å²) in [4.78, 5) is 3.75. The molecule has 1 heterocycles. The van der Waals surface area contributed by atoms with E-state index in [1.807, 2.05) is 48.5 Å². The minimum atomic E-state index is 0.181. The number of oxazole rings is 1. The highest BCUT2D eigenvalue weighted by Gasteiger charge is 2.05. The Morgan fingerprint density at radius 1 is 1.20 bits per heavy atom. The predicted octanol–water partition coefficient (Wildman–Crippen LogP) is 3.15. The third-order valence-electron chi connectivity index (χ3n) is 2.87. The van der Waals surface area contributed by atoms with E-state index in [-0.39, 0.29) is 11.6 Å². The summed E-state index contributed by atoms with van der Waals surface area (Å²) in [6, 6.07) is 16.0. The highest BCUT2D eigenvalue weighted by Crippen LogP contribution is 2.17. The van der Waals surface area contributed by atoms with Crippen LogP contribution in [0.3, 0.4) is 0 Å². The average molecular weight is 262 g/mol. The number of hydrogen-bond acceptors (Lipinski definition) is 5. The number of fused-ring (bicyclic) bond motifs is 1. The van der Waals surface area contributed by atoms with Crippen LogP contribution < -0.4 is 5.43 Å². The molecule has 0 radical (unpaired) electrons. The first-order chi connectivity index (χ1) is 9.88. The topological polar surface area (TPSA) is 74.2 Å². The van der Waals surface area contributed by atoms with Crippen molar-refractivity contribution in [2.75, 3.05) is 5.43 Å². The first-order valence-electron chi connectivity index (χ1n) is 5.99. The van der Waals surface area contributed by atoms with Gasteiger partial charge in [0, 0.05) is 5.56 Å². The van der Waals surface area contributed by atoms with Crippen molar-refractivity contribution in [2.45, 2.75) is 0 Å². The van der Waals surface area contributed by atoms with E-state index in [2.05, 4.69) is 15.5 Å². The van der Waals surface area contributed by atoms with Gasteiger partial charge in [-0.2, -0.15) is 10.4 Å². The Morgan fingerprint density at radius 3 is 2.95 bits per heavy atom. The van der Waals surface area contributed by atoms with Crippen LogP contribution in [0.2, 0.25) is 0 Å². The average Bonchev–Trinajstić information content (AvgIpc) is 2.95. The van der Waals surface area contributed by atoms with Gasteiger partial charge in [-0.25, -0.2) is 10.4 Å². The molecule has 0 aliphatic rings. The van der Waals surface area contributed by atoms with E-state index in [9.17, 15) is 0 Å². The molecule has 1 N–H and O–H groups in total. The molecule has 2 aromatic carbocycles. The number of nitrogens with zero attached hydrogens (tertiary/aromatic N) is 3. The van der Waals surface area contributed by atoms with Gasteiger partial charge in [0.05, 0.1) is 6.21 Å². The van der Waals surface area contributed by atoms with E-state index in [1.165, 1.54) is 6.39 Å². The zero-order valence-corrected chi connectivity index (χ0v) is 10.4. The zero-order valence-electron chi connectivity index (χ0n) is 10.4. The van der Waals surface area contributed by atoms with Crippen molar-refractivity contribution < 1.29 is 4.42 Å². The van der Waals surface area contributed by atoms with Gasteiger partial charge in [0.15, 0.2) is 6.39 Å². The molecule has 0 spiro atoms. The SMILES string of the molecule is N#Cc1ncoc1N/N=C\c1cccc2ccccc12. The molecule has 96 valence electrons. The molecule has 5 nitrogen and oxygen atoms in total. The Kier molecular flexibility index (Phi) is 3.13. The number of nitriles is 1. The fraction of sp³-hybridized carbons (Fsp3) is 0. The largest absolute Gasteiger partial charge is 0.425 e. The van der Waals surface area contributed by atoms with E-state index in [4.69, 9.17) is 9.68 Å². The molecule has 0 aliphatic heterocycles. The molecule has 3 rings (SSSR count). The molecule has 0 fully saturated rings. The standard InChI is InChI=1S/C15H10N4O/c16-8-14-15(20-10-17-14)19-18-9-12-6-3-5-11-4-1-2-7-13(11)12/h1-7,9-10,19H/b18-9-. The lowest BCUT2D eigenvalue weighted by molar-refractivity contribution is 0.570. The first-order valence-corrected chi connectivity index (χ1v) is 5.99. The summed E-state index contributed by atoms with van der Waals surface area (Å²) < 4.78 is 5.02. The van der Waals surface area contributed by atoms with E-state index < -0.39 is 0 Å². The summed E-state index contributed by atoms with van der Waals surface area (Å²) in [5.41, 5.74) is 3.84. The molecule has 0 bridgehead atoms. The maximum Gasteiger partial charge on any atom is 0.251 e. The third kappa shape index (κ3) is 2.22. The Labute approximate surface area is 115 Å². The molecule has 5 heteroatoms. The molecule has 0 saturated carbocycles. The molecule has 0 aliphatic carbocycles. The zero-order chi connectivity index (χ0) is 13.8. The van der Waals surface area contributed by atoms with Crippen LogP contribution in [0.1, 0.15) is 11.3 Å². The van der Waals surface area contributed by atoms with Gasteiger partial charge in [0.1, 0.15) is 6.07 Å². The normalized spacial score (nSPS) is 10.8. The second kappa shape index (κ2) is 5.24. The van der Waals surface area contributed by atoms with Crippen molar-refractivity contribution in [3.8, 4) is 6.07 Å². The number of nitrogens with one attached hydrogen (secondary N) is 1. The molecule has 20 heavy (non-hydrogen) atoms. The maximum atomic E-state index is 8.80. The number of benzene rings is 2. The summed E-state index contributed by atoms with van der Waals surface area (Å²) in [7, 11) is 0. The molecule has 1 aromatic heterocycles. The second-order valence-corrected chi connectivity index (χ2v) is 4.08. The van der Waals surface area contributed by atoms with Crippen LogP contribution in [0.25, 0.3) is 10.8 Å². The number of anilines is 1. The van der Waals surface area contributed by atoms with Crippen LogP contribution in [-0.2, 0) is 0 Å². The summed E-state index contributed by atoms with van der Waals surface area (Å²) in [5.74, 6) is 0.240. The van der Waals surface area contributed by atoms with E-state index in [0.29, 0.717) is 0 Å². The molecule has 0 atom stereocenters. The lowest BCUT2D eigenvalue weighted by atomic mass is 10.1. The summed E-state index contributed by atoms with van der Waals surface area (Å²) in [5, 5.41) is 15.1. The van der Waals surface area contributed by atoms with Crippen molar-refractivity contribution in [1.29, 1.82) is 5.26 Å². The summed E-state index contributed by atoms with van der Waals surface area (Å²) >= 11 is 0. The van der Waals surface area contributed by atoms with Gasteiger partial charge in [-0.05, 0) is 10.8 Å². The van der Waals surface area contributed by atoms with E-state index in [1.54, 1.807) is 6.21 Å². The monoisotopic (exact) mass is 262 g/mol. The van der Waals surface area contributed by atoms with E-state index in [0.717, 1.165) is 16.3 Å². The minimum Gasteiger partial charge on any atom is -0.425 e. The minimum absolute atomic E-state index is 0.181. The number of rotatable bonds is 3. The van der Waals surface area contributed by atoms with Gasteiger partial charge in [0.25, 0.3) is 5.88 Å². The van der Waals surface area contributed by atoms with E-state index >= 15 is 0 Å². The third-order valence-corrected chi connectivity index (χ3v) is 2.87. The van der Waals surface area contributed by atoms with Crippen LogP contribution in [0.4, 0.5) is 5.88 Å². The highest BCUT2D eigenvalue weighted by atomic mass is 16.4. The summed E-state index contributed by atoms with van der Waals surface area (Å²) in [6.07, 6.45) is 2.89. The molecule has 0 unspecified atom stereocenters. The van der Waals surface area contributed by atoms with Gasteiger partial charge in [0.2, 0.25) is 5.69 Å². The number of aromatic nitrogens is 1. The van der Waals surface area contributed by atoms with Crippen molar-refractivity contribution in [1.82, 2.24) is 4.98 Å². The van der Waals surface area contributed by atoms with Crippen LogP contribution in [0, 0.1) is 11.3 Å². The molecule has 3 aromatic rings. The van der Waals surface area contributed by atoms with Crippen LogP contribution in [0.5, 0.6) is 0 Å².